The number of rotatable bonds is 42. The molecule has 0 radical (unpaired) electrons. The second-order valence-corrected chi connectivity index (χ2v) is 18.8. The van der Waals surface area contributed by atoms with Gasteiger partial charge >= 0.3 is 41.8 Å². The molecule has 0 aliphatic carbocycles. The normalized spacial score (nSPS) is 13.3. The second-order valence-electron chi connectivity index (χ2n) is 18.8. The SMILES string of the molecule is CC(=O)NCc1cc(COc2ccc(CCNC(=O)CC[C@H](NC(=O)CC[C@H](NC(=O)CC[C@H](NC(=O)CC[C@H](NC(=O)CC[C@H](NC(=O)CC[C@H](NC(=O)CC[C@H](N)C(=O)O)C(=O)O)C(=O)O)C(=O)O)C(=O)O)C(=O)O)C(=O)O)cc2)co1. The average Bonchev–Trinajstić information content (AvgIpc) is 4.07. The zero-order chi connectivity index (χ0) is 63.1. The topological polar surface area (TPSA) is 542 Å². The van der Waals surface area contributed by atoms with Crippen molar-refractivity contribution in [3.63, 3.8) is 0 Å². The summed E-state index contributed by atoms with van der Waals surface area (Å²) in [7, 11) is 0. The van der Waals surface area contributed by atoms with Gasteiger partial charge in [0.2, 0.25) is 47.3 Å². The van der Waals surface area contributed by atoms with Crippen molar-refractivity contribution < 1.29 is 117 Å². The van der Waals surface area contributed by atoms with E-state index >= 15 is 0 Å². The van der Waals surface area contributed by atoms with Crippen LogP contribution in [-0.4, -0.2) is 174 Å². The summed E-state index contributed by atoms with van der Waals surface area (Å²) in [5, 5.41) is 84.3. The van der Waals surface area contributed by atoms with E-state index in [0.717, 1.165) is 11.1 Å². The fourth-order valence-corrected chi connectivity index (χ4v) is 7.37. The minimum Gasteiger partial charge on any atom is -0.489 e. The van der Waals surface area contributed by atoms with E-state index in [1.54, 1.807) is 30.3 Å². The van der Waals surface area contributed by atoms with E-state index in [1.165, 1.54) is 13.2 Å². The molecule has 0 saturated carbocycles. The van der Waals surface area contributed by atoms with Crippen LogP contribution in [0.5, 0.6) is 5.75 Å². The number of carbonyl (C=O) groups is 15. The fraction of sp³-hybridized carbons (Fsp3) is 0.510. The lowest BCUT2D eigenvalue weighted by atomic mass is 10.1. The number of carboxylic acid groups (broad SMARTS) is 7. The van der Waals surface area contributed by atoms with Gasteiger partial charge in [0, 0.05) is 64.0 Å². The molecule has 0 aliphatic rings. The van der Waals surface area contributed by atoms with Crippen LogP contribution in [-0.2, 0) is 91.5 Å². The Hall–Kier alpha value is -9.69. The number of ether oxygens (including phenoxy) is 1. The van der Waals surface area contributed by atoms with Gasteiger partial charge in [-0.3, -0.25) is 43.2 Å². The summed E-state index contributed by atoms with van der Waals surface area (Å²) in [6.45, 7) is 2.04. The number of hydrogen-bond donors (Lipinski definition) is 16. The third kappa shape index (κ3) is 29.2. The molecule has 1 aromatic carbocycles. The summed E-state index contributed by atoms with van der Waals surface area (Å²) in [6, 6.07) is -2.84. The highest BCUT2D eigenvalue weighted by molar-refractivity contribution is 5.90. The first kappa shape index (κ1) is 70.4. The Labute approximate surface area is 477 Å². The van der Waals surface area contributed by atoms with Crippen LogP contribution in [0.25, 0.3) is 0 Å². The molecule has 1 aromatic heterocycles. The number of nitrogens with one attached hydrogen (secondary N) is 8. The predicted molar refractivity (Wildman–Crippen MR) is 281 cm³/mol. The Morgan fingerprint density at radius 1 is 0.440 bits per heavy atom. The zero-order valence-corrected chi connectivity index (χ0v) is 45.4. The van der Waals surface area contributed by atoms with E-state index < -0.39 is 196 Å². The molecule has 84 heavy (non-hydrogen) atoms. The van der Waals surface area contributed by atoms with Crippen LogP contribution >= 0.6 is 0 Å². The van der Waals surface area contributed by atoms with E-state index in [0.29, 0.717) is 17.9 Å². The molecule has 0 fully saturated rings. The number of benzene rings is 1. The largest absolute Gasteiger partial charge is 0.489 e. The molecular weight excluding hydrogens is 1120 g/mol. The van der Waals surface area contributed by atoms with Crippen molar-refractivity contribution >= 4 is 89.0 Å². The summed E-state index contributed by atoms with van der Waals surface area (Å²) < 4.78 is 11.1. The van der Waals surface area contributed by atoms with Gasteiger partial charge in [-0.25, -0.2) is 28.8 Å². The molecular formula is C51H69N9O24. The first-order chi connectivity index (χ1) is 39.5. The standard InChI is InChI=1S/C51H69N9O24/c1-26(61)54-23-30-22-28(25-84-30)24-83-29-4-2-27(3-5-29)20-21-53-38(62)14-7-32(46(71)72)56-40(64)16-9-34(48(75)76)58-42(66)18-11-36(50(79)80)60-44(68)19-12-37(51(81)82)59-43(67)17-10-35(49(77)78)57-41(65)15-8-33(47(73)74)55-39(63)13-6-31(52)45(69)70/h2-5,22,25,31-37H,6-21,23-24,52H2,1H3,(H,53,62)(H,54,61)(H,55,63)(H,56,64)(H,57,65)(H,58,66)(H,59,67)(H,60,68)(H,69,70)(H,71,72)(H,73,74)(H,75,76)(H,77,78)(H,79,80)(H,81,82)/t31-,32-,33-,34-,35-,36-,37-/m0/s1. The number of carboxylic acids is 7. The fourth-order valence-electron chi connectivity index (χ4n) is 7.37. The van der Waals surface area contributed by atoms with Gasteiger partial charge in [0.1, 0.15) is 60.4 Å². The Morgan fingerprint density at radius 2 is 0.762 bits per heavy atom. The van der Waals surface area contributed by atoms with Crippen molar-refractivity contribution in [2.24, 2.45) is 5.73 Å². The highest BCUT2D eigenvalue weighted by Gasteiger charge is 2.30. The molecule has 33 heteroatoms. The lowest BCUT2D eigenvalue weighted by Crippen LogP contribution is -2.46. The van der Waals surface area contributed by atoms with Gasteiger partial charge in [-0.15, -0.1) is 0 Å². The summed E-state index contributed by atoms with van der Waals surface area (Å²) in [5.41, 5.74) is 6.92. The Balaban J connectivity index is 1.78. The summed E-state index contributed by atoms with van der Waals surface area (Å²) in [4.78, 5) is 181. The van der Waals surface area contributed by atoms with Crippen molar-refractivity contribution in [1.82, 2.24) is 42.5 Å². The molecule has 0 saturated heterocycles. The average molecular weight is 1190 g/mol. The van der Waals surface area contributed by atoms with E-state index in [1.807, 2.05) is 0 Å². The number of nitrogens with two attached hydrogens (primary N) is 1. The minimum absolute atomic E-state index is 0.192. The van der Waals surface area contributed by atoms with Crippen molar-refractivity contribution in [3.05, 3.63) is 53.5 Å². The predicted octanol–water partition coefficient (Wildman–Crippen LogP) is -2.56. The lowest BCUT2D eigenvalue weighted by Gasteiger charge is -2.19. The van der Waals surface area contributed by atoms with Gasteiger partial charge in [0.05, 0.1) is 12.8 Å². The molecule has 17 N–H and O–H groups in total. The molecule has 1 heterocycles. The van der Waals surface area contributed by atoms with E-state index in [-0.39, 0.29) is 44.9 Å². The summed E-state index contributed by atoms with van der Waals surface area (Å²) in [5.74, 6) is -16.6. The van der Waals surface area contributed by atoms with E-state index in [9.17, 15) is 103 Å². The van der Waals surface area contributed by atoms with Crippen LogP contribution in [0.3, 0.4) is 0 Å². The van der Waals surface area contributed by atoms with E-state index in [2.05, 4.69) is 42.5 Å². The van der Waals surface area contributed by atoms with Crippen LogP contribution in [0.15, 0.2) is 41.0 Å². The Bertz CT molecular complexity index is 2680. The number of hydrogen-bond acceptors (Lipinski definition) is 18. The lowest BCUT2D eigenvalue weighted by molar-refractivity contribution is -0.144. The maximum Gasteiger partial charge on any atom is 0.326 e. The quantitative estimate of drug-likeness (QED) is 0.0325. The number of carbonyl (C=O) groups excluding carboxylic acids is 8. The highest BCUT2D eigenvalue weighted by Crippen LogP contribution is 2.17. The molecule has 33 nitrogen and oxygen atoms in total. The molecule has 0 spiro atoms. The molecule has 2 aromatic rings. The Morgan fingerprint density at radius 3 is 1.07 bits per heavy atom. The molecule has 2 rings (SSSR count). The maximum atomic E-state index is 12.7. The van der Waals surface area contributed by atoms with Crippen LogP contribution in [0.1, 0.15) is 114 Å². The van der Waals surface area contributed by atoms with Crippen molar-refractivity contribution in [2.45, 2.75) is 159 Å². The van der Waals surface area contributed by atoms with Crippen LogP contribution < -0.4 is 53.0 Å². The zero-order valence-electron chi connectivity index (χ0n) is 45.4. The summed E-state index contributed by atoms with van der Waals surface area (Å²) in [6.07, 6.45) is -5.84. The third-order valence-corrected chi connectivity index (χ3v) is 12.0. The van der Waals surface area contributed by atoms with Gasteiger partial charge in [0.25, 0.3) is 0 Å². The maximum absolute atomic E-state index is 12.7. The first-order valence-electron chi connectivity index (χ1n) is 25.9. The molecule has 8 amide bonds. The van der Waals surface area contributed by atoms with Crippen LogP contribution in [0, 0.1) is 0 Å². The van der Waals surface area contributed by atoms with Crippen molar-refractivity contribution in [1.29, 1.82) is 0 Å². The monoisotopic (exact) mass is 1190 g/mol. The minimum atomic E-state index is -1.79. The molecule has 0 unspecified atom stereocenters. The third-order valence-electron chi connectivity index (χ3n) is 12.0. The van der Waals surface area contributed by atoms with Crippen LogP contribution in [0.4, 0.5) is 0 Å². The van der Waals surface area contributed by atoms with Gasteiger partial charge < -0.3 is 93.2 Å². The number of furan rings is 1. The highest BCUT2D eigenvalue weighted by atomic mass is 16.5. The second kappa shape index (κ2) is 36.6. The van der Waals surface area contributed by atoms with Crippen molar-refractivity contribution in [2.75, 3.05) is 6.54 Å². The number of aliphatic carboxylic acids is 7. The summed E-state index contributed by atoms with van der Waals surface area (Å²) >= 11 is 0. The molecule has 7 atom stereocenters. The number of amides is 8. The van der Waals surface area contributed by atoms with Crippen molar-refractivity contribution in [3.8, 4) is 5.75 Å². The van der Waals surface area contributed by atoms with Gasteiger partial charge in [-0.05, 0) is 75.1 Å². The Kier molecular flexibility index (Phi) is 30.7. The molecule has 0 bridgehead atoms. The van der Waals surface area contributed by atoms with Crippen LogP contribution in [0.2, 0.25) is 0 Å². The van der Waals surface area contributed by atoms with Gasteiger partial charge in [0.15, 0.2) is 0 Å². The van der Waals surface area contributed by atoms with E-state index in [4.69, 9.17) is 20.0 Å². The van der Waals surface area contributed by atoms with Gasteiger partial charge in [-0.2, -0.15) is 0 Å². The molecule has 0 aliphatic heterocycles. The molecule has 462 valence electrons. The first-order valence-corrected chi connectivity index (χ1v) is 25.9. The smallest absolute Gasteiger partial charge is 0.326 e. The van der Waals surface area contributed by atoms with Gasteiger partial charge in [-0.1, -0.05) is 12.1 Å².